The summed E-state index contributed by atoms with van der Waals surface area (Å²) in [5.74, 6) is -0.157. The van der Waals surface area contributed by atoms with Crippen LogP contribution in [0.2, 0.25) is 0 Å². The predicted molar refractivity (Wildman–Crippen MR) is 110 cm³/mol. The highest BCUT2D eigenvalue weighted by atomic mass is 16.5. The van der Waals surface area contributed by atoms with Crippen LogP contribution >= 0.6 is 0 Å². The van der Waals surface area contributed by atoms with E-state index in [2.05, 4.69) is 13.8 Å². The topological polar surface area (TPSA) is 52.6 Å². The van der Waals surface area contributed by atoms with Gasteiger partial charge in [-0.25, -0.2) is 9.59 Å². The molecule has 2 aromatic rings. The Morgan fingerprint density at radius 2 is 0.964 bits per heavy atom. The maximum Gasteiger partial charge on any atom is 0.338 e. The second-order valence-corrected chi connectivity index (χ2v) is 7.48. The number of esters is 2. The van der Waals surface area contributed by atoms with Gasteiger partial charge < -0.3 is 9.47 Å². The molecule has 2 aromatic carbocycles. The number of hydrogen-bond acceptors (Lipinski definition) is 4. The fourth-order valence-corrected chi connectivity index (χ4v) is 2.85. The van der Waals surface area contributed by atoms with E-state index in [4.69, 9.17) is 9.47 Å². The lowest BCUT2D eigenvalue weighted by atomic mass is 9.92. The van der Waals surface area contributed by atoms with Gasteiger partial charge in [0.15, 0.2) is 0 Å². The fraction of sp³-hybridized carbons (Fsp3) is 0.417. The summed E-state index contributed by atoms with van der Waals surface area (Å²) in [6.07, 6.45) is 1.42. The lowest BCUT2D eigenvalue weighted by molar-refractivity contribution is 0.0123. The van der Waals surface area contributed by atoms with Crippen molar-refractivity contribution < 1.29 is 19.1 Å². The van der Waals surface area contributed by atoms with Crippen LogP contribution in [0.25, 0.3) is 0 Å². The highest BCUT2D eigenvalue weighted by molar-refractivity contribution is 5.89. The van der Waals surface area contributed by atoms with Crippen LogP contribution in [0.5, 0.6) is 0 Å². The van der Waals surface area contributed by atoms with Gasteiger partial charge in [0.1, 0.15) is 12.2 Å². The van der Waals surface area contributed by atoms with Crippen LogP contribution in [-0.2, 0) is 9.47 Å². The van der Waals surface area contributed by atoms with Gasteiger partial charge in [0.2, 0.25) is 0 Å². The first kappa shape index (κ1) is 21.7. The number of benzene rings is 2. The lowest BCUT2D eigenvalue weighted by Gasteiger charge is -2.24. The second kappa shape index (κ2) is 10.6. The van der Waals surface area contributed by atoms with E-state index in [0.29, 0.717) is 11.1 Å². The Balaban J connectivity index is 1.76. The summed E-state index contributed by atoms with van der Waals surface area (Å²) in [5.41, 5.74) is 1.13. The number of carbonyl (C=O) groups excluding carboxylic acids is 2. The average molecular weight is 383 g/mol. The molecule has 4 unspecified atom stereocenters. The van der Waals surface area contributed by atoms with Gasteiger partial charge in [-0.15, -0.1) is 0 Å². The summed E-state index contributed by atoms with van der Waals surface area (Å²) in [4.78, 5) is 24.4. The molecule has 0 saturated carbocycles. The molecule has 4 heteroatoms. The molecule has 0 saturated heterocycles. The summed E-state index contributed by atoms with van der Waals surface area (Å²) in [5, 5.41) is 0. The maximum absolute atomic E-state index is 12.2. The van der Waals surface area contributed by atoms with Crippen LogP contribution in [0.4, 0.5) is 0 Å². The Hall–Kier alpha value is -2.62. The molecular weight excluding hydrogens is 352 g/mol. The molecule has 0 N–H and O–H groups in total. The molecule has 0 radical (unpaired) electrons. The molecular formula is C24H30O4. The van der Waals surface area contributed by atoms with Crippen molar-refractivity contribution in [2.45, 2.75) is 52.7 Å². The number of carbonyl (C=O) groups is 2. The van der Waals surface area contributed by atoms with E-state index in [1.165, 1.54) is 0 Å². The summed E-state index contributed by atoms with van der Waals surface area (Å²) in [6, 6.07) is 18.1. The number of rotatable bonds is 9. The first-order valence-electron chi connectivity index (χ1n) is 9.90. The lowest BCUT2D eigenvalue weighted by Crippen LogP contribution is -2.25. The zero-order valence-corrected chi connectivity index (χ0v) is 17.1. The van der Waals surface area contributed by atoms with Crippen LogP contribution in [0, 0.1) is 11.8 Å². The molecule has 150 valence electrons. The third kappa shape index (κ3) is 6.52. The quantitative estimate of drug-likeness (QED) is 0.535. The van der Waals surface area contributed by atoms with Crippen molar-refractivity contribution in [1.82, 2.24) is 0 Å². The zero-order valence-electron chi connectivity index (χ0n) is 17.1. The van der Waals surface area contributed by atoms with Crippen molar-refractivity contribution in [3.05, 3.63) is 71.8 Å². The van der Waals surface area contributed by atoms with Crippen LogP contribution in [0.3, 0.4) is 0 Å². The molecule has 0 heterocycles. The van der Waals surface area contributed by atoms with Gasteiger partial charge in [0.25, 0.3) is 0 Å². The van der Waals surface area contributed by atoms with E-state index < -0.39 is 0 Å². The largest absolute Gasteiger partial charge is 0.459 e. The number of hydrogen-bond donors (Lipinski definition) is 0. The molecule has 4 atom stereocenters. The summed E-state index contributed by atoms with van der Waals surface area (Å²) >= 11 is 0. The Labute approximate surface area is 167 Å². The second-order valence-electron chi connectivity index (χ2n) is 7.48. The van der Waals surface area contributed by atoms with E-state index in [1.54, 1.807) is 24.3 Å². The highest BCUT2D eigenvalue weighted by Crippen LogP contribution is 2.22. The molecule has 0 aliphatic carbocycles. The minimum atomic E-state index is -0.293. The van der Waals surface area contributed by atoms with E-state index in [9.17, 15) is 9.59 Å². The Kier molecular flexibility index (Phi) is 8.24. The molecule has 0 bridgehead atoms. The monoisotopic (exact) mass is 382 g/mol. The molecule has 0 aliphatic heterocycles. The third-order valence-electron chi connectivity index (χ3n) is 5.28. The molecule has 0 fully saturated rings. The SMILES string of the molecule is CC(CCC(C)C(C)OC(=O)c1ccccc1)C(C)OC(=O)c1ccccc1. The van der Waals surface area contributed by atoms with E-state index in [0.717, 1.165) is 12.8 Å². The normalized spacial score (nSPS) is 15.1. The van der Waals surface area contributed by atoms with Gasteiger partial charge in [-0.2, -0.15) is 0 Å². The molecule has 0 amide bonds. The highest BCUT2D eigenvalue weighted by Gasteiger charge is 2.22. The van der Waals surface area contributed by atoms with E-state index in [-0.39, 0.29) is 36.0 Å². The van der Waals surface area contributed by atoms with Crippen molar-refractivity contribution in [2.75, 3.05) is 0 Å². The minimum Gasteiger partial charge on any atom is -0.459 e. The van der Waals surface area contributed by atoms with Crippen LogP contribution in [0.1, 0.15) is 61.3 Å². The first-order valence-corrected chi connectivity index (χ1v) is 9.90. The van der Waals surface area contributed by atoms with Crippen molar-refractivity contribution in [3.63, 3.8) is 0 Å². The van der Waals surface area contributed by atoms with Crippen molar-refractivity contribution in [2.24, 2.45) is 11.8 Å². The predicted octanol–water partition coefficient (Wildman–Crippen LogP) is 5.53. The Bertz CT molecular complexity index is 676. The molecule has 0 aromatic heterocycles. The van der Waals surface area contributed by atoms with E-state index in [1.807, 2.05) is 50.2 Å². The van der Waals surface area contributed by atoms with E-state index >= 15 is 0 Å². The minimum absolute atomic E-state index is 0.179. The maximum atomic E-state index is 12.2. The standard InChI is InChI=1S/C24H30O4/c1-17(19(3)27-23(25)21-11-7-5-8-12-21)15-16-18(2)20(4)28-24(26)22-13-9-6-10-14-22/h5-14,17-20H,15-16H2,1-4H3. The summed E-state index contributed by atoms with van der Waals surface area (Å²) < 4.78 is 11.2. The zero-order chi connectivity index (χ0) is 20.5. The van der Waals surface area contributed by atoms with Crippen molar-refractivity contribution in [3.8, 4) is 0 Å². The molecule has 28 heavy (non-hydrogen) atoms. The molecule has 4 nitrogen and oxygen atoms in total. The first-order chi connectivity index (χ1) is 13.4. The Morgan fingerprint density at radius 3 is 1.29 bits per heavy atom. The Morgan fingerprint density at radius 1 is 0.643 bits per heavy atom. The van der Waals surface area contributed by atoms with Gasteiger partial charge in [0.05, 0.1) is 11.1 Å². The van der Waals surface area contributed by atoms with Gasteiger partial charge in [-0.05, 0) is 62.8 Å². The number of ether oxygens (including phenoxy) is 2. The molecule has 2 rings (SSSR count). The van der Waals surface area contributed by atoms with Gasteiger partial charge in [0, 0.05) is 0 Å². The average Bonchev–Trinajstić information content (AvgIpc) is 2.72. The van der Waals surface area contributed by atoms with Crippen molar-refractivity contribution >= 4 is 11.9 Å². The van der Waals surface area contributed by atoms with Gasteiger partial charge in [-0.1, -0.05) is 50.2 Å². The fourth-order valence-electron chi connectivity index (χ4n) is 2.85. The van der Waals surface area contributed by atoms with Crippen molar-refractivity contribution in [1.29, 1.82) is 0 Å². The van der Waals surface area contributed by atoms with Crippen LogP contribution < -0.4 is 0 Å². The van der Waals surface area contributed by atoms with Crippen LogP contribution in [0.15, 0.2) is 60.7 Å². The third-order valence-corrected chi connectivity index (χ3v) is 5.28. The van der Waals surface area contributed by atoms with Crippen LogP contribution in [-0.4, -0.2) is 24.1 Å². The summed E-state index contributed by atoms with van der Waals surface area (Å²) in [6.45, 7) is 8.01. The molecule has 0 spiro atoms. The van der Waals surface area contributed by atoms with Gasteiger partial charge >= 0.3 is 11.9 Å². The summed E-state index contributed by atoms with van der Waals surface area (Å²) in [7, 11) is 0. The van der Waals surface area contributed by atoms with Gasteiger partial charge in [-0.3, -0.25) is 0 Å². The smallest absolute Gasteiger partial charge is 0.338 e. The molecule has 0 aliphatic rings.